The molecule has 0 atom stereocenters. The maximum Gasteiger partial charge on any atom is 0.255 e. The molecule has 0 aromatic heterocycles. The molecular weight excluding hydrogens is 304 g/mol. The molecule has 5 heteroatoms. The summed E-state index contributed by atoms with van der Waals surface area (Å²) >= 11 is 0. The van der Waals surface area contributed by atoms with E-state index in [4.69, 9.17) is 4.74 Å². The van der Waals surface area contributed by atoms with E-state index in [2.05, 4.69) is 10.6 Å². The maximum absolute atomic E-state index is 12.2. The molecule has 124 valence electrons. The predicted molar refractivity (Wildman–Crippen MR) is 92.3 cm³/mol. The first-order chi connectivity index (χ1) is 11.6. The fourth-order valence-corrected chi connectivity index (χ4v) is 2.37. The van der Waals surface area contributed by atoms with E-state index < -0.39 is 0 Å². The highest BCUT2D eigenvalue weighted by atomic mass is 16.5. The van der Waals surface area contributed by atoms with E-state index in [1.54, 1.807) is 43.5 Å². The van der Waals surface area contributed by atoms with Gasteiger partial charge in [-0.25, -0.2) is 0 Å². The van der Waals surface area contributed by atoms with Crippen molar-refractivity contribution in [2.75, 3.05) is 12.4 Å². The van der Waals surface area contributed by atoms with Gasteiger partial charge in [-0.05, 0) is 48.7 Å². The molecule has 2 amide bonds. The monoisotopic (exact) mass is 324 g/mol. The molecule has 24 heavy (non-hydrogen) atoms. The van der Waals surface area contributed by atoms with Gasteiger partial charge in [0.05, 0.1) is 13.5 Å². The number of nitrogens with one attached hydrogen (secondary N) is 2. The van der Waals surface area contributed by atoms with Gasteiger partial charge in [0.2, 0.25) is 5.91 Å². The summed E-state index contributed by atoms with van der Waals surface area (Å²) in [5.41, 5.74) is 2.14. The maximum atomic E-state index is 12.2. The van der Waals surface area contributed by atoms with Crippen LogP contribution in [-0.4, -0.2) is 25.0 Å². The van der Waals surface area contributed by atoms with Crippen molar-refractivity contribution in [1.29, 1.82) is 0 Å². The molecule has 0 unspecified atom stereocenters. The van der Waals surface area contributed by atoms with Gasteiger partial charge in [-0.2, -0.15) is 0 Å². The summed E-state index contributed by atoms with van der Waals surface area (Å²) in [5.74, 6) is 0.485. The second kappa shape index (κ2) is 7.17. The second-order valence-corrected chi connectivity index (χ2v) is 5.90. The Labute approximate surface area is 141 Å². The van der Waals surface area contributed by atoms with Crippen LogP contribution in [0.3, 0.4) is 0 Å². The molecule has 0 aliphatic heterocycles. The van der Waals surface area contributed by atoms with Crippen molar-refractivity contribution in [3.05, 3.63) is 59.7 Å². The highest BCUT2D eigenvalue weighted by molar-refractivity contribution is 6.04. The first-order valence-electron chi connectivity index (χ1n) is 7.98. The van der Waals surface area contributed by atoms with Crippen LogP contribution in [0.5, 0.6) is 5.75 Å². The van der Waals surface area contributed by atoms with Crippen LogP contribution < -0.4 is 15.4 Å². The number of methoxy groups -OCH3 is 1. The Bertz CT molecular complexity index is 737. The number of hydrogen-bond donors (Lipinski definition) is 2. The predicted octanol–water partition coefficient (Wildman–Crippen LogP) is 2.77. The van der Waals surface area contributed by atoms with Gasteiger partial charge in [-0.3, -0.25) is 9.59 Å². The fraction of sp³-hybridized carbons (Fsp3) is 0.263. The van der Waals surface area contributed by atoms with Crippen molar-refractivity contribution in [2.45, 2.75) is 25.3 Å². The third-order valence-electron chi connectivity index (χ3n) is 3.85. The molecule has 1 aliphatic carbocycles. The van der Waals surface area contributed by atoms with E-state index >= 15 is 0 Å². The summed E-state index contributed by atoms with van der Waals surface area (Å²) in [5, 5.41) is 5.80. The van der Waals surface area contributed by atoms with Crippen LogP contribution in [0.1, 0.15) is 28.8 Å². The molecule has 0 saturated heterocycles. The minimum Gasteiger partial charge on any atom is -0.497 e. The molecule has 3 rings (SSSR count). The third-order valence-corrected chi connectivity index (χ3v) is 3.85. The van der Waals surface area contributed by atoms with Gasteiger partial charge in [0, 0.05) is 17.3 Å². The normalized spacial score (nSPS) is 13.2. The number of anilines is 1. The molecule has 2 N–H and O–H groups in total. The van der Waals surface area contributed by atoms with E-state index in [1.165, 1.54) is 0 Å². The first kappa shape index (κ1) is 16.1. The molecule has 1 aliphatic rings. The lowest BCUT2D eigenvalue weighted by Gasteiger charge is -2.08. The van der Waals surface area contributed by atoms with Gasteiger partial charge in [0.15, 0.2) is 0 Å². The number of carbonyl (C=O) groups excluding carboxylic acids is 2. The van der Waals surface area contributed by atoms with Crippen LogP contribution in [0.15, 0.2) is 48.5 Å². The van der Waals surface area contributed by atoms with Crippen molar-refractivity contribution in [1.82, 2.24) is 5.32 Å². The van der Waals surface area contributed by atoms with Gasteiger partial charge in [-0.1, -0.05) is 18.2 Å². The van der Waals surface area contributed by atoms with Gasteiger partial charge in [-0.15, -0.1) is 0 Å². The van der Waals surface area contributed by atoms with Crippen LogP contribution in [0.25, 0.3) is 0 Å². The molecule has 0 spiro atoms. The minimum atomic E-state index is -0.201. The van der Waals surface area contributed by atoms with Gasteiger partial charge >= 0.3 is 0 Å². The molecular formula is C19H20N2O3. The second-order valence-electron chi connectivity index (χ2n) is 5.90. The van der Waals surface area contributed by atoms with E-state index in [9.17, 15) is 9.59 Å². The zero-order valence-corrected chi connectivity index (χ0v) is 13.5. The Morgan fingerprint density at radius 3 is 2.54 bits per heavy atom. The zero-order valence-electron chi connectivity index (χ0n) is 13.5. The molecule has 0 heterocycles. The minimum absolute atomic E-state index is 0.0469. The summed E-state index contributed by atoms with van der Waals surface area (Å²) in [6.45, 7) is 0. The van der Waals surface area contributed by atoms with Gasteiger partial charge < -0.3 is 15.4 Å². The number of amides is 2. The number of carbonyl (C=O) groups is 2. The number of rotatable bonds is 6. The quantitative estimate of drug-likeness (QED) is 0.858. The van der Waals surface area contributed by atoms with Crippen LogP contribution >= 0.6 is 0 Å². The zero-order chi connectivity index (χ0) is 16.9. The largest absolute Gasteiger partial charge is 0.497 e. The Hall–Kier alpha value is -2.82. The Morgan fingerprint density at radius 2 is 1.88 bits per heavy atom. The number of benzene rings is 2. The lowest BCUT2D eigenvalue weighted by molar-refractivity contribution is -0.120. The van der Waals surface area contributed by atoms with Crippen LogP contribution in [0, 0.1) is 0 Å². The smallest absolute Gasteiger partial charge is 0.255 e. The third kappa shape index (κ3) is 4.35. The van der Waals surface area contributed by atoms with E-state index in [1.807, 2.05) is 12.1 Å². The summed E-state index contributed by atoms with van der Waals surface area (Å²) in [7, 11) is 1.56. The van der Waals surface area contributed by atoms with E-state index in [0.717, 1.165) is 18.4 Å². The van der Waals surface area contributed by atoms with Crippen molar-refractivity contribution in [3.8, 4) is 5.75 Å². The van der Waals surface area contributed by atoms with Crippen LogP contribution in [-0.2, 0) is 11.2 Å². The Kier molecular flexibility index (Phi) is 4.79. The summed E-state index contributed by atoms with van der Waals surface area (Å²) in [4.78, 5) is 24.0. The molecule has 5 nitrogen and oxygen atoms in total. The van der Waals surface area contributed by atoms with Gasteiger partial charge in [0.25, 0.3) is 5.91 Å². The SMILES string of the molecule is COc1cccc(C(=O)Nc2ccc(CC(=O)NC3CC3)cc2)c1. The van der Waals surface area contributed by atoms with Crippen LogP contribution in [0.2, 0.25) is 0 Å². The molecule has 0 bridgehead atoms. The first-order valence-corrected chi connectivity index (χ1v) is 7.98. The van der Waals surface area contributed by atoms with Crippen LogP contribution in [0.4, 0.5) is 5.69 Å². The fourth-order valence-electron chi connectivity index (χ4n) is 2.37. The van der Waals surface area contributed by atoms with Crippen molar-refractivity contribution < 1.29 is 14.3 Å². The standard InChI is InChI=1S/C19H20N2O3/c1-24-17-4-2-3-14(12-17)19(23)21-16-7-5-13(6-8-16)11-18(22)20-15-9-10-15/h2-8,12,15H,9-11H2,1H3,(H,20,22)(H,21,23). The molecule has 2 aromatic carbocycles. The highest BCUT2D eigenvalue weighted by Gasteiger charge is 2.23. The average molecular weight is 324 g/mol. The summed E-state index contributed by atoms with van der Waals surface area (Å²) in [6.07, 6.45) is 2.53. The summed E-state index contributed by atoms with van der Waals surface area (Å²) in [6, 6.07) is 14.7. The summed E-state index contributed by atoms with van der Waals surface area (Å²) < 4.78 is 5.12. The molecule has 1 saturated carbocycles. The lowest BCUT2D eigenvalue weighted by atomic mass is 10.1. The Balaban J connectivity index is 1.58. The molecule has 0 radical (unpaired) electrons. The highest BCUT2D eigenvalue weighted by Crippen LogP contribution is 2.19. The van der Waals surface area contributed by atoms with Gasteiger partial charge in [0.1, 0.15) is 5.75 Å². The van der Waals surface area contributed by atoms with Crippen molar-refractivity contribution in [2.24, 2.45) is 0 Å². The van der Waals surface area contributed by atoms with Crippen molar-refractivity contribution >= 4 is 17.5 Å². The Morgan fingerprint density at radius 1 is 1.12 bits per heavy atom. The van der Waals surface area contributed by atoms with Crippen molar-refractivity contribution in [3.63, 3.8) is 0 Å². The topological polar surface area (TPSA) is 67.4 Å². The lowest BCUT2D eigenvalue weighted by Crippen LogP contribution is -2.26. The molecule has 2 aromatic rings. The molecule has 1 fully saturated rings. The van der Waals surface area contributed by atoms with E-state index in [0.29, 0.717) is 29.5 Å². The number of ether oxygens (including phenoxy) is 1. The number of hydrogen-bond acceptors (Lipinski definition) is 3. The average Bonchev–Trinajstić information content (AvgIpc) is 3.40. The van der Waals surface area contributed by atoms with E-state index in [-0.39, 0.29) is 11.8 Å².